The molecule has 0 spiro atoms. The van der Waals surface area contributed by atoms with Gasteiger partial charge in [0.25, 0.3) is 5.91 Å². The van der Waals surface area contributed by atoms with Gasteiger partial charge in [-0.15, -0.1) is 11.8 Å². The Hall–Kier alpha value is -3.25. The quantitative estimate of drug-likeness (QED) is 0.631. The molecule has 0 aromatic heterocycles. The minimum atomic E-state index is -0.194. The van der Waals surface area contributed by atoms with Gasteiger partial charge >= 0.3 is 0 Å². The number of benzene rings is 3. The molecule has 1 aliphatic heterocycles. The summed E-state index contributed by atoms with van der Waals surface area (Å²) in [5, 5.41) is 2.81. The van der Waals surface area contributed by atoms with Crippen LogP contribution in [0.25, 0.3) is 0 Å². The first-order valence-electron chi connectivity index (χ1n) is 9.61. The molecule has 1 atom stereocenters. The number of rotatable bonds is 5. The fraction of sp³-hybridized carbons (Fsp3) is 0.167. The number of carbonyl (C=O) groups excluding carboxylic acids is 2. The Kier molecular flexibility index (Phi) is 5.77. The van der Waals surface area contributed by atoms with E-state index < -0.39 is 0 Å². The fourth-order valence-electron chi connectivity index (χ4n) is 3.37. The summed E-state index contributed by atoms with van der Waals surface area (Å²) in [7, 11) is 1.59. The first kappa shape index (κ1) is 20.0. The second-order valence-corrected chi connectivity index (χ2v) is 8.14. The number of ether oxygens (including phenoxy) is 1. The molecule has 1 N–H and O–H groups in total. The van der Waals surface area contributed by atoms with Crippen molar-refractivity contribution in [1.82, 2.24) is 0 Å². The van der Waals surface area contributed by atoms with Crippen molar-refractivity contribution < 1.29 is 14.3 Å². The zero-order valence-corrected chi connectivity index (χ0v) is 17.6. The van der Waals surface area contributed by atoms with Gasteiger partial charge in [0.1, 0.15) is 11.1 Å². The number of hydrogen-bond acceptors (Lipinski definition) is 4. The molecular weight excluding hydrogens is 396 g/mol. The molecule has 6 heteroatoms. The average Bonchev–Trinajstić information content (AvgIpc) is 3.16. The highest BCUT2D eigenvalue weighted by atomic mass is 32.2. The van der Waals surface area contributed by atoms with E-state index in [0.717, 1.165) is 16.8 Å². The molecular formula is C24H22N2O3S. The molecule has 0 saturated carbocycles. The van der Waals surface area contributed by atoms with E-state index in [2.05, 4.69) is 5.32 Å². The van der Waals surface area contributed by atoms with Crippen molar-refractivity contribution in [3.63, 3.8) is 0 Å². The molecule has 0 radical (unpaired) electrons. The topological polar surface area (TPSA) is 58.6 Å². The second-order valence-electron chi connectivity index (χ2n) is 7.07. The van der Waals surface area contributed by atoms with E-state index in [1.807, 2.05) is 60.4 Å². The smallest absolute Gasteiger partial charge is 0.255 e. The predicted molar refractivity (Wildman–Crippen MR) is 121 cm³/mol. The Labute approximate surface area is 180 Å². The van der Waals surface area contributed by atoms with Crippen LogP contribution in [0.1, 0.15) is 26.9 Å². The molecule has 1 saturated heterocycles. The number of anilines is 2. The van der Waals surface area contributed by atoms with Gasteiger partial charge in [0, 0.05) is 16.9 Å². The molecule has 3 aromatic rings. The summed E-state index contributed by atoms with van der Waals surface area (Å²) in [6.07, 6.45) is 0. The van der Waals surface area contributed by atoms with Crippen LogP contribution in [0.2, 0.25) is 0 Å². The van der Waals surface area contributed by atoms with Gasteiger partial charge in [0.2, 0.25) is 5.91 Å². The molecule has 4 rings (SSSR count). The van der Waals surface area contributed by atoms with E-state index in [4.69, 9.17) is 4.74 Å². The van der Waals surface area contributed by atoms with Crippen LogP contribution in [-0.4, -0.2) is 24.7 Å². The Morgan fingerprint density at radius 1 is 1.07 bits per heavy atom. The molecule has 0 aliphatic carbocycles. The highest BCUT2D eigenvalue weighted by molar-refractivity contribution is 8.00. The molecule has 2 amide bonds. The maximum absolute atomic E-state index is 12.6. The Bertz CT molecular complexity index is 1060. The van der Waals surface area contributed by atoms with Crippen LogP contribution in [0.15, 0.2) is 72.8 Å². The summed E-state index contributed by atoms with van der Waals surface area (Å²) < 4.78 is 5.14. The molecule has 0 unspecified atom stereocenters. The number of hydrogen-bond donors (Lipinski definition) is 1. The van der Waals surface area contributed by atoms with Gasteiger partial charge in [-0.1, -0.05) is 29.8 Å². The number of methoxy groups -OCH3 is 1. The largest absolute Gasteiger partial charge is 0.497 e. The third-order valence-electron chi connectivity index (χ3n) is 4.96. The van der Waals surface area contributed by atoms with Crippen LogP contribution in [0.5, 0.6) is 5.75 Å². The lowest BCUT2D eigenvalue weighted by Crippen LogP contribution is -2.27. The van der Waals surface area contributed by atoms with E-state index in [1.54, 1.807) is 43.1 Å². The maximum atomic E-state index is 12.6. The van der Waals surface area contributed by atoms with Crippen molar-refractivity contribution in [3.8, 4) is 5.75 Å². The maximum Gasteiger partial charge on any atom is 0.255 e. The molecule has 1 fully saturated rings. The highest BCUT2D eigenvalue weighted by Crippen LogP contribution is 2.42. The molecule has 30 heavy (non-hydrogen) atoms. The second kappa shape index (κ2) is 8.63. The van der Waals surface area contributed by atoms with Crippen LogP contribution in [-0.2, 0) is 4.79 Å². The Morgan fingerprint density at radius 3 is 2.50 bits per heavy atom. The standard InChI is InChI=1S/C24H22N2O3S/c1-16-6-10-20(11-7-16)26-22(27)15-30-24(26)18-4-3-5-19(14-18)25-23(28)17-8-12-21(29-2)13-9-17/h3-14,24H,15H2,1-2H3,(H,25,28)/t24-/m0/s1. The number of aryl methyl sites for hydroxylation is 1. The predicted octanol–water partition coefficient (Wildman–Crippen LogP) is 5.03. The zero-order chi connectivity index (χ0) is 21.1. The van der Waals surface area contributed by atoms with Gasteiger partial charge in [0.15, 0.2) is 0 Å². The van der Waals surface area contributed by atoms with Crippen LogP contribution in [0.3, 0.4) is 0 Å². The summed E-state index contributed by atoms with van der Waals surface area (Å²) in [5.41, 5.74) is 4.25. The van der Waals surface area contributed by atoms with E-state index in [1.165, 1.54) is 0 Å². The van der Waals surface area contributed by atoms with E-state index in [-0.39, 0.29) is 17.2 Å². The molecule has 1 aliphatic rings. The van der Waals surface area contributed by atoms with Crippen LogP contribution >= 0.6 is 11.8 Å². The third kappa shape index (κ3) is 4.19. The number of amides is 2. The van der Waals surface area contributed by atoms with Crippen molar-refractivity contribution in [1.29, 1.82) is 0 Å². The van der Waals surface area contributed by atoms with E-state index in [0.29, 0.717) is 22.8 Å². The molecule has 152 valence electrons. The normalized spacial score (nSPS) is 15.9. The van der Waals surface area contributed by atoms with Gasteiger partial charge in [-0.25, -0.2) is 0 Å². The highest BCUT2D eigenvalue weighted by Gasteiger charge is 2.34. The number of nitrogens with one attached hydrogen (secondary N) is 1. The molecule has 1 heterocycles. The van der Waals surface area contributed by atoms with Gasteiger partial charge in [-0.05, 0) is 61.0 Å². The lowest BCUT2D eigenvalue weighted by atomic mass is 10.1. The summed E-state index contributed by atoms with van der Waals surface area (Å²) in [4.78, 5) is 27.0. The lowest BCUT2D eigenvalue weighted by molar-refractivity contribution is -0.115. The first-order chi connectivity index (χ1) is 14.5. The Balaban J connectivity index is 1.55. The van der Waals surface area contributed by atoms with Crippen molar-refractivity contribution >= 4 is 35.0 Å². The molecule has 0 bridgehead atoms. The molecule has 5 nitrogen and oxygen atoms in total. The minimum Gasteiger partial charge on any atom is -0.497 e. The summed E-state index contributed by atoms with van der Waals surface area (Å²) in [6, 6.07) is 22.6. The minimum absolute atomic E-state index is 0.0847. The average molecular weight is 419 g/mol. The number of carbonyl (C=O) groups is 2. The van der Waals surface area contributed by atoms with E-state index >= 15 is 0 Å². The number of thioether (sulfide) groups is 1. The van der Waals surface area contributed by atoms with Gasteiger partial charge in [-0.2, -0.15) is 0 Å². The van der Waals surface area contributed by atoms with Crippen molar-refractivity contribution in [3.05, 3.63) is 89.5 Å². The van der Waals surface area contributed by atoms with Gasteiger partial charge in [-0.3, -0.25) is 14.5 Å². The first-order valence-corrected chi connectivity index (χ1v) is 10.7. The van der Waals surface area contributed by atoms with Gasteiger partial charge < -0.3 is 10.1 Å². The van der Waals surface area contributed by atoms with Crippen LogP contribution in [0.4, 0.5) is 11.4 Å². The summed E-state index contributed by atoms with van der Waals surface area (Å²) >= 11 is 1.59. The Morgan fingerprint density at radius 2 is 1.80 bits per heavy atom. The number of nitrogens with zero attached hydrogens (tertiary/aromatic N) is 1. The monoisotopic (exact) mass is 418 g/mol. The summed E-state index contributed by atoms with van der Waals surface area (Å²) in [5.74, 6) is 1.02. The van der Waals surface area contributed by atoms with E-state index in [9.17, 15) is 9.59 Å². The SMILES string of the molecule is COc1ccc(C(=O)Nc2cccc([C@@H]3SCC(=O)N3c3ccc(C)cc3)c2)cc1. The summed E-state index contributed by atoms with van der Waals surface area (Å²) in [6.45, 7) is 2.02. The zero-order valence-electron chi connectivity index (χ0n) is 16.8. The van der Waals surface area contributed by atoms with Crippen LogP contribution < -0.4 is 15.0 Å². The van der Waals surface area contributed by atoms with Gasteiger partial charge in [0.05, 0.1) is 12.9 Å². The third-order valence-corrected chi connectivity index (χ3v) is 6.17. The fourth-order valence-corrected chi connectivity index (χ4v) is 4.54. The van der Waals surface area contributed by atoms with Crippen LogP contribution in [0, 0.1) is 6.92 Å². The van der Waals surface area contributed by atoms with Crippen molar-refractivity contribution in [2.45, 2.75) is 12.3 Å². The van der Waals surface area contributed by atoms with Crippen molar-refractivity contribution in [2.75, 3.05) is 23.1 Å². The molecule has 3 aromatic carbocycles. The van der Waals surface area contributed by atoms with Crippen molar-refractivity contribution in [2.24, 2.45) is 0 Å². The lowest BCUT2D eigenvalue weighted by Gasteiger charge is -2.25.